The van der Waals surface area contributed by atoms with Crippen LogP contribution in [0.4, 0.5) is 4.39 Å². The molecule has 0 saturated heterocycles. The van der Waals surface area contributed by atoms with Gasteiger partial charge in [-0.15, -0.1) is 0 Å². The Bertz CT molecular complexity index is 681. The van der Waals surface area contributed by atoms with Gasteiger partial charge in [-0.05, 0) is 6.08 Å². The molecule has 0 N–H and O–H groups in total. The number of hydrogen-bond acceptors (Lipinski definition) is 3. The second-order valence-electron chi connectivity index (χ2n) is 4.01. The first kappa shape index (κ1) is 13.7. The number of allylic oxidation sites excluding steroid dienone is 5. The average molecular weight is 270 g/mol. The van der Waals surface area contributed by atoms with Crippen molar-refractivity contribution in [1.82, 2.24) is 0 Å². The quantitative estimate of drug-likeness (QED) is 0.621. The number of carbonyl (C=O) groups excluding carboxylic acids is 2. The molecule has 1 aliphatic rings. The van der Waals surface area contributed by atoms with Crippen molar-refractivity contribution < 1.29 is 18.7 Å². The van der Waals surface area contributed by atoms with Crippen LogP contribution in [0.25, 0.3) is 0 Å². The van der Waals surface area contributed by atoms with Crippen LogP contribution in [0.2, 0.25) is 0 Å². The van der Waals surface area contributed by atoms with Crippen molar-refractivity contribution >= 4 is 11.6 Å². The molecule has 0 spiro atoms. The van der Waals surface area contributed by atoms with Crippen LogP contribution in [0.1, 0.15) is 20.7 Å². The maximum Gasteiger partial charge on any atom is 0.232 e. The summed E-state index contributed by atoms with van der Waals surface area (Å²) in [5.41, 5.74) is 0.156. The smallest absolute Gasteiger partial charge is 0.232 e. The van der Waals surface area contributed by atoms with Gasteiger partial charge >= 0.3 is 0 Å². The van der Waals surface area contributed by atoms with E-state index in [0.717, 1.165) is 0 Å². The van der Waals surface area contributed by atoms with Crippen LogP contribution in [-0.2, 0) is 4.74 Å². The zero-order valence-corrected chi connectivity index (χ0v) is 10.6. The summed E-state index contributed by atoms with van der Waals surface area (Å²) in [4.78, 5) is 24.0. The van der Waals surface area contributed by atoms with Crippen molar-refractivity contribution in [3.63, 3.8) is 0 Å². The maximum absolute atomic E-state index is 14.0. The second kappa shape index (κ2) is 5.48. The highest BCUT2D eigenvalue weighted by molar-refractivity contribution is 6.25. The van der Waals surface area contributed by atoms with E-state index in [1.165, 1.54) is 30.4 Å². The van der Waals surface area contributed by atoms with Gasteiger partial charge in [0.1, 0.15) is 5.76 Å². The van der Waals surface area contributed by atoms with Crippen molar-refractivity contribution in [2.45, 2.75) is 0 Å². The molecule has 1 aromatic rings. The molecule has 0 aliphatic heterocycles. The zero-order valence-electron chi connectivity index (χ0n) is 10.6. The number of benzene rings is 1. The monoisotopic (exact) mass is 270 g/mol. The Labute approximate surface area is 115 Å². The largest absolute Gasteiger partial charge is 0.451 e. The Balaban J connectivity index is 2.39. The predicted octanol–water partition coefficient (Wildman–Crippen LogP) is 3.52. The Morgan fingerprint density at radius 3 is 2.35 bits per heavy atom. The highest BCUT2D eigenvalue weighted by Crippen LogP contribution is 2.28. The van der Waals surface area contributed by atoms with Crippen LogP contribution in [0.5, 0.6) is 0 Å². The lowest BCUT2D eigenvalue weighted by Crippen LogP contribution is -2.21. The third kappa shape index (κ3) is 2.36. The molecule has 0 heterocycles. The van der Waals surface area contributed by atoms with Crippen molar-refractivity contribution in [1.29, 1.82) is 0 Å². The van der Waals surface area contributed by atoms with Crippen LogP contribution in [0.3, 0.4) is 0 Å². The van der Waals surface area contributed by atoms with E-state index >= 15 is 0 Å². The molecule has 0 radical (unpaired) electrons. The molecule has 0 fully saturated rings. The van der Waals surface area contributed by atoms with Gasteiger partial charge in [0.05, 0.1) is 0 Å². The van der Waals surface area contributed by atoms with Crippen LogP contribution in [0, 0.1) is 0 Å². The predicted molar refractivity (Wildman–Crippen MR) is 72.8 cm³/mol. The number of ketones is 2. The minimum atomic E-state index is -1.21. The van der Waals surface area contributed by atoms with E-state index < -0.39 is 23.2 Å². The van der Waals surface area contributed by atoms with E-state index in [0.29, 0.717) is 0 Å². The molecule has 0 aromatic heterocycles. The lowest BCUT2D eigenvalue weighted by molar-refractivity contribution is 0.0893. The SMILES string of the molecule is C=C/C=C\C(=C)OC1=C(F)C(=O)c2ccccc2C1=O. The zero-order chi connectivity index (χ0) is 14.7. The molecule has 1 aliphatic carbocycles. The minimum absolute atomic E-state index is 0.0367. The second-order valence-corrected chi connectivity index (χ2v) is 4.01. The number of rotatable bonds is 4. The molecule has 4 heteroatoms. The summed E-state index contributed by atoms with van der Waals surface area (Å²) >= 11 is 0. The van der Waals surface area contributed by atoms with Gasteiger partial charge in [0.15, 0.2) is 0 Å². The van der Waals surface area contributed by atoms with Gasteiger partial charge in [0.25, 0.3) is 0 Å². The van der Waals surface area contributed by atoms with Gasteiger partial charge < -0.3 is 4.74 Å². The molecule has 0 atom stereocenters. The fourth-order valence-corrected chi connectivity index (χ4v) is 1.75. The van der Waals surface area contributed by atoms with Gasteiger partial charge in [-0.25, -0.2) is 0 Å². The van der Waals surface area contributed by atoms with E-state index in [1.54, 1.807) is 12.1 Å². The number of carbonyl (C=O) groups is 2. The van der Waals surface area contributed by atoms with Crippen LogP contribution in [-0.4, -0.2) is 11.6 Å². The van der Waals surface area contributed by atoms with E-state index in [9.17, 15) is 14.0 Å². The van der Waals surface area contributed by atoms with Gasteiger partial charge in [-0.3, -0.25) is 9.59 Å². The van der Waals surface area contributed by atoms with E-state index in [2.05, 4.69) is 13.2 Å². The molecular formula is C16H11FO3. The summed E-state index contributed by atoms with van der Waals surface area (Å²) in [6, 6.07) is 6.01. The summed E-state index contributed by atoms with van der Waals surface area (Å²) in [5.74, 6) is -3.34. The topological polar surface area (TPSA) is 43.4 Å². The van der Waals surface area contributed by atoms with E-state index in [-0.39, 0.29) is 16.9 Å². The highest BCUT2D eigenvalue weighted by atomic mass is 19.1. The third-order valence-electron chi connectivity index (χ3n) is 2.67. The van der Waals surface area contributed by atoms with Gasteiger partial charge in [0, 0.05) is 11.1 Å². The summed E-state index contributed by atoms with van der Waals surface area (Å²) in [5, 5.41) is 0. The normalized spacial score (nSPS) is 14.4. The highest BCUT2D eigenvalue weighted by Gasteiger charge is 2.34. The Kier molecular flexibility index (Phi) is 3.75. The first-order valence-corrected chi connectivity index (χ1v) is 5.80. The number of Topliss-reactive ketones (excluding diaryl/α,β-unsaturated/α-hetero) is 2. The molecule has 0 amide bonds. The Morgan fingerprint density at radius 1 is 1.15 bits per heavy atom. The first-order chi connectivity index (χ1) is 9.56. The van der Waals surface area contributed by atoms with Crippen molar-refractivity contribution in [3.05, 3.63) is 84.1 Å². The molecule has 0 saturated carbocycles. The molecular weight excluding hydrogens is 259 g/mol. The maximum atomic E-state index is 14.0. The Hall–Kier alpha value is -2.75. The van der Waals surface area contributed by atoms with Gasteiger partial charge in [-0.2, -0.15) is 4.39 Å². The molecule has 0 unspecified atom stereocenters. The lowest BCUT2D eigenvalue weighted by atomic mass is 9.93. The molecule has 20 heavy (non-hydrogen) atoms. The third-order valence-corrected chi connectivity index (χ3v) is 2.67. The number of ether oxygens (including phenoxy) is 1. The van der Waals surface area contributed by atoms with Crippen molar-refractivity contribution in [2.75, 3.05) is 0 Å². The fraction of sp³-hybridized carbons (Fsp3) is 0. The molecule has 2 rings (SSSR count). The average Bonchev–Trinajstić information content (AvgIpc) is 2.47. The van der Waals surface area contributed by atoms with Gasteiger partial charge in [-0.1, -0.05) is 49.6 Å². The summed E-state index contributed by atoms with van der Waals surface area (Å²) in [6.45, 7) is 6.98. The molecule has 0 bridgehead atoms. The first-order valence-electron chi connectivity index (χ1n) is 5.80. The number of fused-ring (bicyclic) bond motifs is 1. The van der Waals surface area contributed by atoms with Crippen LogP contribution in [0.15, 0.2) is 73.0 Å². The molecule has 1 aromatic carbocycles. The standard InChI is InChI=1S/C16H11FO3/c1-3-4-7-10(2)20-16-13(17)14(18)11-8-5-6-9-12(11)15(16)19/h3-9H,1-2H2/b7-4-. The fourth-order valence-electron chi connectivity index (χ4n) is 1.75. The summed E-state index contributed by atoms with van der Waals surface area (Å²) in [7, 11) is 0. The molecule has 100 valence electrons. The summed E-state index contributed by atoms with van der Waals surface area (Å²) < 4.78 is 19.0. The minimum Gasteiger partial charge on any atom is -0.451 e. The molecule has 3 nitrogen and oxygen atoms in total. The number of hydrogen-bond donors (Lipinski definition) is 0. The lowest BCUT2D eigenvalue weighted by Gasteiger charge is -2.16. The van der Waals surface area contributed by atoms with Crippen molar-refractivity contribution in [3.8, 4) is 0 Å². The van der Waals surface area contributed by atoms with Crippen LogP contribution < -0.4 is 0 Å². The van der Waals surface area contributed by atoms with Crippen LogP contribution >= 0.6 is 0 Å². The van der Waals surface area contributed by atoms with Gasteiger partial charge in [0.2, 0.25) is 23.2 Å². The van der Waals surface area contributed by atoms with Crippen molar-refractivity contribution in [2.24, 2.45) is 0 Å². The van der Waals surface area contributed by atoms with E-state index in [4.69, 9.17) is 4.74 Å². The summed E-state index contributed by atoms with van der Waals surface area (Å²) in [6.07, 6.45) is 4.40. The van der Waals surface area contributed by atoms with E-state index in [1.807, 2.05) is 0 Å². The number of halogens is 1. The Morgan fingerprint density at radius 2 is 1.75 bits per heavy atom.